The fourth-order valence-electron chi connectivity index (χ4n) is 2.06. The van der Waals surface area contributed by atoms with Crippen molar-refractivity contribution in [1.82, 2.24) is 0 Å². The lowest BCUT2D eigenvalue weighted by Gasteiger charge is -2.14. The lowest BCUT2D eigenvalue weighted by Crippen LogP contribution is -2.19. The van der Waals surface area contributed by atoms with Crippen molar-refractivity contribution in [2.24, 2.45) is 0 Å². The van der Waals surface area contributed by atoms with Crippen molar-refractivity contribution in [3.05, 3.63) is 54.1 Å². The van der Waals surface area contributed by atoms with E-state index in [1.165, 1.54) is 0 Å². The van der Waals surface area contributed by atoms with Crippen LogP contribution in [0.5, 0.6) is 5.75 Å². The first-order valence-corrected chi connectivity index (χ1v) is 6.99. The molecule has 0 heterocycles. The van der Waals surface area contributed by atoms with Gasteiger partial charge in [0.25, 0.3) is 0 Å². The summed E-state index contributed by atoms with van der Waals surface area (Å²) in [4.78, 5) is 12.3. The SMILES string of the molecule is CCOc1cccc(NC(=O)C(C)c2cccc(N)c2)c1. The topological polar surface area (TPSA) is 64.3 Å². The quantitative estimate of drug-likeness (QED) is 0.827. The van der Waals surface area contributed by atoms with Crippen LogP contribution in [0.3, 0.4) is 0 Å². The summed E-state index contributed by atoms with van der Waals surface area (Å²) in [6, 6.07) is 14.7. The Morgan fingerprint density at radius 3 is 2.71 bits per heavy atom. The zero-order valence-corrected chi connectivity index (χ0v) is 12.3. The summed E-state index contributed by atoms with van der Waals surface area (Å²) in [6.07, 6.45) is 0. The predicted octanol–water partition coefficient (Wildman–Crippen LogP) is 3.41. The van der Waals surface area contributed by atoms with Crippen LogP contribution in [-0.2, 0) is 4.79 Å². The lowest BCUT2D eigenvalue weighted by atomic mass is 10.00. The van der Waals surface area contributed by atoms with Crippen molar-refractivity contribution >= 4 is 17.3 Å². The zero-order valence-electron chi connectivity index (χ0n) is 12.3. The average Bonchev–Trinajstić information content (AvgIpc) is 2.47. The standard InChI is InChI=1S/C17H20N2O2/c1-3-21-16-9-5-8-15(11-16)19-17(20)12(2)13-6-4-7-14(18)10-13/h4-12H,3,18H2,1-2H3,(H,19,20). The van der Waals surface area contributed by atoms with Crippen LogP contribution < -0.4 is 15.8 Å². The highest BCUT2D eigenvalue weighted by atomic mass is 16.5. The Bertz CT molecular complexity index is 626. The molecule has 2 aromatic carbocycles. The van der Waals surface area contributed by atoms with Gasteiger partial charge in [-0.1, -0.05) is 18.2 Å². The Morgan fingerprint density at radius 2 is 2.00 bits per heavy atom. The van der Waals surface area contributed by atoms with E-state index in [2.05, 4.69) is 5.32 Å². The van der Waals surface area contributed by atoms with E-state index in [1.807, 2.05) is 56.3 Å². The first-order chi connectivity index (χ1) is 10.1. The van der Waals surface area contributed by atoms with Gasteiger partial charge < -0.3 is 15.8 Å². The third kappa shape index (κ3) is 3.99. The average molecular weight is 284 g/mol. The van der Waals surface area contributed by atoms with Crippen LogP contribution in [-0.4, -0.2) is 12.5 Å². The Morgan fingerprint density at radius 1 is 1.24 bits per heavy atom. The van der Waals surface area contributed by atoms with E-state index in [0.717, 1.165) is 17.0 Å². The largest absolute Gasteiger partial charge is 0.494 e. The first-order valence-electron chi connectivity index (χ1n) is 6.99. The summed E-state index contributed by atoms with van der Waals surface area (Å²) in [5.74, 6) is 0.394. The molecule has 0 spiro atoms. The van der Waals surface area contributed by atoms with Crippen molar-refractivity contribution in [3.8, 4) is 5.75 Å². The van der Waals surface area contributed by atoms with Crippen molar-refractivity contribution in [2.45, 2.75) is 19.8 Å². The second-order valence-corrected chi connectivity index (χ2v) is 4.84. The van der Waals surface area contributed by atoms with Crippen LogP contribution in [0.4, 0.5) is 11.4 Å². The molecule has 0 aromatic heterocycles. The van der Waals surface area contributed by atoms with Crippen LogP contribution >= 0.6 is 0 Å². The number of hydrogen-bond acceptors (Lipinski definition) is 3. The van der Waals surface area contributed by atoms with Crippen LogP contribution in [0.25, 0.3) is 0 Å². The Hall–Kier alpha value is -2.49. The van der Waals surface area contributed by atoms with Crippen LogP contribution in [0, 0.1) is 0 Å². The van der Waals surface area contributed by atoms with Crippen molar-refractivity contribution in [3.63, 3.8) is 0 Å². The molecule has 3 N–H and O–H groups in total. The second-order valence-electron chi connectivity index (χ2n) is 4.84. The van der Waals surface area contributed by atoms with Gasteiger partial charge in [0.1, 0.15) is 5.75 Å². The minimum absolute atomic E-state index is 0.0748. The van der Waals surface area contributed by atoms with E-state index in [9.17, 15) is 4.79 Å². The molecule has 1 unspecified atom stereocenters. The molecular formula is C17H20N2O2. The lowest BCUT2D eigenvalue weighted by molar-refractivity contribution is -0.117. The monoisotopic (exact) mass is 284 g/mol. The number of carbonyl (C=O) groups excluding carboxylic acids is 1. The smallest absolute Gasteiger partial charge is 0.231 e. The summed E-state index contributed by atoms with van der Waals surface area (Å²) in [6.45, 7) is 4.38. The Kier molecular flexibility index (Phi) is 4.82. The number of anilines is 2. The molecule has 0 saturated heterocycles. The number of nitrogens with two attached hydrogens (primary N) is 1. The molecular weight excluding hydrogens is 264 g/mol. The van der Waals surface area contributed by atoms with Gasteiger partial charge in [0.2, 0.25) is 5.91 Å². The molecule has 0 aliphatic heterocycles. The maximum absolute atomic E-state index is 12.3. The normalized spacial score (nSPS) is 11.7. The van der Waals surface area contributed by atoms with Gasteiger partial charge >= 0.3 is 0 Å². The molecule has 1 amide bonds. The van der Waals surface area contributed by atoms with E-state index < -0.39 is 0 Å². The molecule has 2 rings (SSSR count). The van der Waals surface area contributed by atoms with E-state index in [4.69, 9.17) is 10.5 Å². The summed E-state index contributed by atoms with van der Waals surface area (Å²) in [5, 5.41) is 2.90. The van der Waals surface area contributed by atoms with Gasteiger partial charge in [-0.3, -0.25) is 4.79 Å². The molecule has 0 bridgehead atoms. The minimum atomic E-state index is -0.274. The van der Waals surface area contributed by atoms with Crippen molar-refractivity contribution < 1.29 is 9.53 Å². The fraction of sp³-hybridized carbons (Fsp3) is 0.235. The maximum Gasteiger partial charge on any atom is 0.231 e. The highest BCUT2D eigenvalue weighted by molar-refractivity contribution is 5.95. The number of ether oxygens (including phenoxy) is 1. The highest BCUT2D eigenvalue weighted by Gasteiger charge is 2.15. The number of rotatable bonds is 5. The number of nitrogen functional groups attached to an aromatic ring is 1. The number of nitrogens with one attached hydrogen (secondary N) is 1. The molecule has 110 valence electrons. The van der Waals surface area contributed by atoms with Gasteiger partial charge in [0.05, 0.1) is 12.5 Å². The molecule has 0 saturated carbocycles. The van der Waals surface area contributed by atoms with E-state index in [0.29, 0.717) is 12.3 Å². The molecule has 4 nitrogen and oxygen atoms in total. The Balaban J connectivity index is 2.08. The molecule has 0 aliphatic carbocycles. The highest BCUT2D eigenvalue weighted by Crippen LogP contribution is 2.22. The Labute approximate surface area is 124 Å². The van der Waals surface area contributed by atoms with Gasteiger partial charge in [-0.2, -0.15) is 0 Å². The number of carbonyl (C=O) groups is 1. The van der Waals surface area contributed by atoms with Crippen molar-refractivity contribution in [2.75, 3.05) is 17.7 Å². The maximum atomic E-state index is 12.3. The molecule has 0 radical (unpaired) electrons. The van der Waals surface area contributed by atoms with Gasteiger partial charge in [-0.15, -0.1) is 0 Å². The summed E-state index contributed by atoms with van der Waals surface area (Å²) < 4.78 is 5.42. The number of amides is 1. The summed E-state index contributed by atoms with van der Waals surface area (Å²) in [7, 11) is 0. The molecule has 21 heavy (non-hydrogen) atoms. The van der Waals surface area contributed by atoms with Gasteiger partial charge in [-0.05, 0) is 43.7 Å². The fourth-order valence-corrected chi connectivity index (χ4v) is 2.06. The van der Waals surface area contributed by atoms with Crippen molar-refractivity contribution in [1.29, 1.82) is 0 Å². The summed E-state index contributed by atoms with van der Waals surface area (Å²) >= 11 is 0. The van der Waals surface area contributed by atoms with E-state index in [-0.39, 0.29) is 11.8 Å². The molecule has 2 aromatic rings. The molecule has 4 heteroatoms. The molecule has 0 fully saturated rings. The van der Waals surface area contributed by atoms with Crippen LogP contribution in [0.1, 0.15) is 25.3 Å². The first kappa shape index (κ1) is 14.9. The third-order valence-electron chi connectivity index (χ3n) is 3.22. The van der Waals surface area contributed by atoms with Gasteiger partial charge in [0.15, 0.2) is 0 Å². The minimum Gasteiger partial charge on any atom is -0.494 e. The third-order valence-corrected chi connectivity index (χ3v) is 3.22. The van der Waals surface area contributed by atoms with E-state index in [1.54, 1.807) is 6.07 Å². The predicted molar refractivity (Wildman–Crippen MR) is 85.5 cm³/mol. The summed E-state index contributed by atoms with van der Waals surface area (Å²) in [5.41, 5.74) is 8.03. The second kappa shape index (κ2) is 6.79. The zero-order chi connectivity index (χ0) is 15.2. The van der Waals surface area contributed by atoms with Crippen LogP contribution in [0.15, 0.2) is 48.5 Å². The molecule has 0 aliphatic rings. The van der Waals surface area contributed by atoms with E-state index >= 15 is 0 Å². The molecule has 1 atom stereocenters. The van der Waals surface area contributed by atoms with Gasteiger partial charge in [0, 0.05) is 17.4 Å². The number of benzene rings is 2. The number of hydrogen-bond donors (Lipinski definition) is 2. The van der Waals surface area contributed by atoms with Crippen LogP contribution in [0.2, 0.25) is 0 Å². The van der Waals surface area contributed by atoms with Gasteiger partial charge in [-0.25, -0.2) is 0 Å².